The maximum atomic E-state index is 11.7. The first-order valence-corrected chi connectivity index (χ1v) is 7.78. The van der Waals surface area contributed by atoms with Crippen LogP contribution < -0.4 is 10.5 Å². The van der Waals surface area contributed by atoms with Crippen LogP contribution in [0.25, 0.3) is 0 Å². The number of amides is 1. The van der Waals surface area contributed by atoms with E-state index in [1.165, 1.54) is 0 Å². The molecule has 0 saturated heterocycles. The van der Waals surface area contributed by atoms with Crippen LogP contribution >= 0.6 is 0 Å². The Hall–Kier alpha value is -1.55. The van der Waals surface area contributed by atoms with Gasteiger partial charge in [0.1, 0.15) is 5.75 Å². The van der Waals surface area contributed by atoms with E-state index in [0.29, 0.717) is 0 Å². The molecule has 1 rings (SSSR count). The summed E-state index contributed by atoms with van der Waals surface area (Å²) in [6.07, 6.45) is 2.92. The molecule has 118 valence electrons. The first-order chi connectivity index (χ1) is 10.1. The van der Waals surface area contributed by atoms with E-state index in [1.54, 1.807) is 7.11 Å². The average molecular weight is 292 g/mol. The van der Waals surface area contributed by atoms with Crippen LogP contribution in [0.3, 0.4) is 0 Å². The van der Waals surface area contributed by atoms with E-state index in [9.17, 15) is 4.79 Å². The lowest BCUT2D eigenvalue weighted by molar-refractivity contribution is -0.119. The number of nitrogens with zero attached hydrogens (tertiary/aromatic N) is 1. The van der Waals surface area contributed by atoms with E-state index < -0.39 is 0 Å². The quantitative estimate of drug-likeness (QED) is 0.675. The van der Waals surface area contributed by atoms with Gasteiger partial charge in [-0.3, -0.25) is 4.79 Å². The van der Waals surface area contributed by atoms with Crippen LogP contribution in [-0.4, -0.2) is 37.6 Å². The lowest BCUT2D eigenvalue weighted by atomic mass is 9.93. The van der Waals surface area contributed by atoms with Crippen molar-refractivity contribution in [2.75, 3.05) is 26.7 Å². The fourth-order valence-electron chi connectivity index (χ4n) is 2.53. The summed E-state index contributed by atoms with van der Waals surface area (Å²) >= 11 is 0. The van der Waals surface area contributed by atoms with Crippen LogP contribution in [0.1, 0.15) is 44.6 Å². The van der Waals surface area contributed by atoms with Gasteiger partial charge in [-0.15, -0.1) is 0 Å². The summed E-state index contributed by atoms with van der Waals surface area (Å²) in [6, 6.07) is 7.61. The predicted molar refractivity (Wildman–Crippen MR) is 86.6 cm³/mol. The fraction of sp³-hybridized carbons (Fsp3) is 0.588. The highest BCUT2D eigenvalue weighted by atomic mass is 16.5. The van der Waals surface area contributed by atoms with Crippen LogP contribution in [0.2, 0.25) is 0 Å². The third kappa shape index (κ3) is 5.76. The van der Waals surface area contributed by atoms with Crippen LogP contribution in [-0.2, 0) is 4.79 Å². The number of primary amides is 1. The molecule has 2 N–H and O–H groups in total. The highest BCUT2D eigenvalue weighted by molar-refractivity contribution is 5.81. The molecule has 4 nitrogen and oxygen atoms in total. The highest BCUT2D eigenvalue weighted by Crippen LogP contribution is 2.24. The van der Waals surface area contributed by atoms with E-state index in [1.807, 2.05) is 24.3 Å². The molecule has 1 aromatic rings. The van der Waals surface area contributed by atoms with Gasteiger partial charge in [0.25, 0.3) is 0 Å². The van der Waals surface area contributed by atoms with Gasteiger partial charge in [0, 0.05) is 0 Å². The summed E-state index contributed by atoms with van der Waals surface area (Å²) in [6.45, 7) is 7.59. The number of hydrogen-bond acceptors (Lipinski definition) is 3. The number of hydrogen-bond donors (Lipinski definition) is 1. The predicted octanol–water partition coefficient (Wildman–Crippen LogP) is 2.78. The molecular weight excluding hydrogens is 264 g/mol. The molecule has 1 aromatic carbocycles. The van der Waals surface area contributed by atoms with Crippen LogP contribution in [0.5, 0.6) is 5.75 Å². The first kappa shape index (κ1) is 17.5. The van der Waals surface area contributed by atoms with Crippen LogP contribution in [0.4, 0.5) is 0 Å². The minimum Gasteiger partial charge on any atom is -0.497 e. The Morgan fingerprint density at radius 2 is 1.81 bits per heavy atom. The van der Waals surface area contributed by atoms with Gasteiger partial charge >= 0.3 is 0 Å². The van der Waals surface area contributed by atoms with E-state index in [4.69, 9.17) is 10.5 Å². The van der Waals surface area contributed by atoms with Crippen molar-refractivity contribution < 1.29 is 9.53 Å². The zero-order valence-electron chi connectivity index (χ0n) is 13.5. The third-order valence-corrected chi connectivity index (χ3v) is 3.97. The van der Waals surface area contributed by atoms with Gasteiger partial charge in [0.05, 0.1) is 13.0 Å². The third-order valence-electron chi connectivity index (χ3n) is 3.97. The minimum absolute atomic E-state index is 0.201. The molecule has 0 saturated carbocycles. The minimum atomic E-state index is -0.247. The van der Waals surface area contributed by atoms with Crippen LogP contribution in [0, 0.1) is 0 Å². The van der Waals surface area contributed by atoms with Gasteiger partial charge < -0.3 is 15.4 Å². The number of ether oxygens (including phenoxy) is 1. The second-order valence-corrected chi connectivity index (χ2v) is 5.25. The number of nitrogens with two attached hydrogens (primary N) is 1. The van der Waals surface area contributed by atoms with Crippen LogP contribution in [0.15, 0.2) is 24.3 Å². The Bertz CT molecular complexity index is 413. The topological polar surface area (TPSA) is 55.6 Å². The van der Waals surface area contributed by atoms with Crippen molar-refractivity contribution in [3.63, 3.8) is 0 Å². The number of benzene rings is 1. The maximum Gasteiger partial charge on any atom is 0.224 e. The molecule has 0 aliphatic carbocycles. The summed E-state index contributed by atoms with van der Waals surface area (Å²) in [4.78, 5) is 14.1. The highest BCUT2D eigenvalue weighted by Gasteiger charge is 2.17. The molecule has 0 heterocycles. The van der Waals surface area contributed by atoms with Crippen molar-refractivity contribution in [2.24, 2.45) is 5.73 Å². The molecule has 0 aliphatic rings. The van der Waals surface area contributed by atoms with E-state index in [-0.39, 0.29) is 11.8 Å². The van der Waals surface area contributed by atoms with Crippen molar-refractivity contribution >= 4 is 5.91 Å². The number of unbranched alkanes of at least 4 members (excludes halogenated alkanes) is 1. The molecule has 1 amide bonds. The van der Waals surface area contributed by atoms with E-state index in [0.717, 1.165) is 50.2 Å². The monoisotopic (exact) mass is 292 g/mol. The summed E-state index contributed by atoms with van der Waals surface area (Å²) < 4.78 is 5.14. The number of carbonyl (C=O) groups excluding carboxylic acids is 1. The number of methoxy groups -OCH3 is 1. The number of carbonyl (C=O) groups is 1. The zero-order chi connectivity index (χ0) is 15.7. The van der Waals surface area contributed by atoms with E-state index in [2.05, 4.69) is 18.7 Å². The molecular formula is C17H28N2O2. The van der Waals surface area contributed by atoms with Gasteiger partial charge in [-0.1, -0.05) is 32.4 Å². The average Bonchev–Trinajstić information content (AvgIpc) is 2.51. The Balaban J connectivity index is 2.52. The molecule has 1 unspecified atom stereocenters. The SMILES string of the molecule is CCN(CC)CCCCC(C(N)=O)c1ccc(OC)cc1. The molecule has 4 heteroatoms. The summed E-state index contributed by atoms with van der Waals surface area (Å²) in [7, 11) is 1.63. The largest absolute Gasteiger partial charge is 0.497 e. The molecule has 0 radical (unpaired) electrons. The molecule has 1 atom stereocenters. The molecule has 0 bridgehead atoms. The smallest absolute Gasteiger partial charge is 0.224 e. The van der Waals surface area contributed by atoms with Gasteiger partial charge in [-0.25, -0.2) is 0 Å². The van der Waals surface area contributed by atoms with Crippen molar-refractivity contribution in [1.29, 1.82) is 0 Å². The van der Waals surface area contributed by atoms with Gasteiger partial charge in [-0.05, 0) is 50.2 Å². The lowest BCUT2D eigenvalue weighted by Gasteiger charge is -2.19. The number of rotatable bonds is 10. The molecule has 0 spiro atoms. The van der Waals surface area contributed by atoms with Gasteiger partial charge in [0.15, 0.2) is 0 Å². The van der Waals surface area contributed by atoms with Crippen molar-refractivity contribution in [2.45, 2.75) is 39.0 Å². The van der Waals surface area contributed by atoms with Crippen molar-refractivity contribution in [1.82, 2.24) is 4.90 Å². The Kier molecular flexibility index (Phi) is 7.83. The summed E-state index contributed by atoms with van der Waals surface area (Å²) in [5.41, 5.74) is 6.53. The second-order valence-electron chi connectivity index (χ2n) is 5.25. The standard InChI is InChI=1S/C17H28N2O2/c1-4-19(5-2)13-7-6-8-16(17(18)20)14-9-11-15(21-3)12-10-14/h9-12,16H,4-8,13H2,1-3H3,(H2,18,20). The second kappa shape index (κ2) is 9.40. The molecule has 0 aromatic heterocycles. The summed E-state index contributed by atoms with van der Waals surface area (Å²) in [5, 5.41) is 0. The zero-order valence-corrected chi connectivity index (χ0v) is 13.5. The summed E-state index contributed by atoms with van der Waals surface area (Å²) in [5.74, 6) is 0.346. The molecule has 0 aliphatic heterocycles. The Labute approximate surface area is 128 Å². The maximum absolute atomic E-state index is 11.7. The molecule has 21 heavy (non-hydrogen) atoms. The van der Waals surface area contributed by atoms with E-state index >= 15 is 0 Å². The van der Waals surface area contributed by atoms with Crippen molar-refractivity contribution in [3.05, 3.63) is 29.8 Å². The first-order valence-electron chi connectivity index (χ1n) is 7.78. The normalized spacial score (nSPS) is 12.4. The molecule has 0 fully saturated rings. The Morgan fingerprint density at radius 3 is 2.29 bits per heavy atom. The van der Waals surface area contributed by atoms with Crippen molar-refractivity contribution in [3.8, 4) is 5.75 Å². The lowest BCUT2D eigenvalue weighted by Crippen LogP contribution is -2.25. The fourth-order valence-corrected chi connectivity index (χ4v) is 2.53. The Morgan fingerprint density at radius 1 is 1.19 bits per heavy atom. The van der Waals surface area contributed by atoms with Gasteiger partial charge in [0.2, 0.25) is 5.91 Å². The van der Waals surface area contributed by atoms with Gasteiger partial charge in [-0.2, -0.15) is 0 Å².